The van der Waals surface area contributed by atoms with Crippen LogP contribution in [-0.2, 0) is 19.1 Å². The first kappa shape index (κ1) is 19.9. The van der Waals surface area contributed by atoms with Crippen molar-refractivity contribution >= 4 is 40.9 Å². The lowest BCUT2D eigenvalue weighted by molar-refractivity contribution is -0.151. The predicted octanol–water partition coefficient (Wildman–Crippen LogP) is 2.97. The Kier molecular flexibility index (Phi) is 6.36. The number of rotatable bonds is 6. The van der Waals surface area contributed by atoms with E-state index in [1.54, 1.807) is 35.8 Å². The molecule has 0 aromatic heterocycles. The molecule has 1 aliphatic heterocycles. The number of likely N-dealkylation sites (N-methyl/N-ethyl adjacent to an activating group) is 1. The Labute approximate surface area is 168 Å². The van der Waals surface area contributed by atoms with E-state index in [4.69, 9.17) is 4.74 Å². The third-order valence-corrected chi connectivity index (χ3v) is 5.40. The molecule has 0 aliphatic carbocycles. The lowest BCUT2D eigenvalue weighted by atomic mass is 10.1. The average molecular weight is 398 g/mol. The molecule has 1 atom stereocenters. The lowest BCUT2D eigenvalue weighted by Crippen LogP contribution is -2.32. The molecule has 2 amide bonds. The second-order valence-electron chi connectivity index (χ2n) is 6.50. The fourth-order valence-electron chi connectivity index (χ4n) is 3.04. The molecule has 6 nitrogen and oxygen atoms in total. The van der Waals surface area contributed by atoms with E-state index in [-0.39, 0.29) is 31.4 Å². The summed E-state index contributed by atoms with van der Waals surface area (Å²) in [5.41, 5.74) is 1.49. The molecule has 3 rings (SSSR count). The summed E-state index contributed by atoms with van der Waals surface area (Å²) in [4.78, 5) is 41.1. The summed E-state index contributed by atoms with van der Waals surface area (Å²) in [7, 11) is 1.63. The van der Waals surface area contributed by atoms with Crippen LogP contribution >= 0.6 is 11.8 Å². The van der Waals surface area contributed by atoms with E-state index in [1.807, 2.05) is 48.7 Å². The summed E-state index contributed by atoms with van der Waals surface area (Å²) in [5.74, 6) is -1.53. The average Bonchev–Trinajstić information content (AvgIpc) is 3.13. The minimum atomic E-state index is -0.569. The van der Waals surface area contributed by atoms with E-state index in [0.29, 0.717) is 0 Å². The normalized spacial score (nSPS) is 16.1. The van der Waals surface area contributed by atoms with Crippen molar-refractivity contribution in [3.63, 3.8) is 0 Å². The van der Waals surface area contributed by atoms with Gasteiger partial charge >= 0.3 is 5.97 Å². The third-order valence-electron chi connectivity index (χ3n) is 4.68. The fraction of sp³-hybridized carbons (Fsp3) is 0.286. The Morgan fingerprint density at radius 1 is 1.18 bits per heavy atom. The summed E-state index contributed by atoms with van der Waals surface area (Å²) < 4.78 is 5.19. The minimum absolute atomic E-state index is 0.0883. The Morgan fingerprint density at radius 3 is 2.64 bits per heavy atom. The SMILES string of the molecule is CSc1cccc(N2C[C@H](C(=O)OCC(=O)N(C)c3ccccc3)CC2=O)c1. The third kappa shape index (κ3) is 4.54. The summed E-state index contributed by atoms with van der Waals surface area (Å²) in [5, 5.41) is 0. The predicted molar refractivity (Wildman–Crippen MR) is 109 cm³/mol. The maximum absolute atomic E-state index is 12.4. The molecular weight excluding hydrogens is 376 g/mol. The van der Waals surface area contributed by atoms with Gasteiger partial charge in [0, 0.05) is 36.3 Å². The molecule has 1 aliphatic rings. The number of amides is 2. The van der Waals surface area contributed by atoms with Crippen molar-refractivity contribution in [2.24, 2.45) is 5.92 Å². The molecule has 0 bridgehead atoms. The second-order valence-corrected chi connectivity index (χ2v) is 7.38. The maximum atomic E-state index is 12.4. The van der Waals surface area contributed by atoms with E-state index >= 15 is 0 Å². The molecule has 7 heteroatoms. The topological polar surface area (TPSA) is 66.9 Å². The number of nitrogens with zero attached hydrogens (tertiary/aromatic N) is 2. The molecule has 0 saturated carbocycles. The van der Waals surface area contributed by atoms with E-state index < -0.39 is 11.9 Å². The van der Waals surface area contributed by atoms with Gasteiger partial charge in [-0.15, -0.1) is 11.8 Å². The molecular formula is C21H22N2O4S. The van der Waals surface area contributed by atoms with Gasteiger partial charge in [0.25, 0.3) is 5.91 Å². The van der Waals surface area contributed by atoms with Crippen molar-refractivity contribution in [2.45, 2.75) is 11.3 Å². The number of benzene rings is 2. The van der Waals surface area contributed by atoms with E-state index in [0.717, 1.165) is 16.3 Å². The first-order valence-electron chi connectivity index (χ1n) is 8.92. The lowest BCUT2D eigenvalue weighted by Gasteiger charge is -2.18. The highest BCUT2D eigenvalue weighted by molar-refractivity contribution is 7.98. The summed E-state index contributed by atoms with van der Waals surface area (Å²) in [6.45, 7) is -0.0882. The van der Waals surface area contributed by atoms with Crippen LogP contribution in [-0.4, -0.2) is 44.2 Å². The quantitative estimate of drug-likeness (QED) is 0.553. The summed E-state index contributed by atoms with van der Waals surface area (Å²) in [6, 6.07) is 16.8. The van der Waals surface area contributed by atoms with Gasteiger partial charge in [0.1, 0.15) is 0 Å². The van der Waals surface area contributed by atoms with Gasteiger partial charge in [0.15, 0.2) is 6.61 Å². The molecule has 0 spiro atoms. The molecule has 146 valence electrons. The second kappa shape index (κ2) is 8.93. The van der Waals surface area contributed by atoms with Crippen LogP contribution in [0.15, 0.2) is 59.5 Å². The number of hydrogen-bond acceptors (Lipinski definition) is 5. The molecule has 1 saturated heterocycles. The maximum Gasteiger partial charge on any atom is 0.311 e. The number of thioether (sulfide) groups is 1. The van der Waals surface area contributed by atoms with Crippen molar-refractivity contribution < 1.29 is 19.1 Å². The van der Waals surface area contributed by atoms with Crippen molar-refractivity contribution in [2.75, 3.05) is 36.3 Å². The first-order chi connectivity index (χ1) is 13.5. The van der Waals surface area contributed by atoms with Gasteiger partial charge in [-0.05, 0) is 36.6 Å². The van der Waals surface area contributed by atoms with Crippen molar-refractivity contribution in [1.82, 2.24) is 0 Å². The van der Waals surface area contributed by atoms with Gasteiger partial charge in [-0.2, -0.15) is 0 Å². The number of ether oxygens (including phenoxy) is 1. The molecule has 0 radical (unpaired) electrons. The van der Waals surface area contributed by atoms with Crippen LogP contribution in [0.2, 0.25) is 0 Å². The van der Waals surface area contributed by atoms with Gasteiger partial charge in [0.05, 0.1) is 5.92 Å². The van der Waals surface area contributed by atoms with Crippen LogP contribution in [0.3, 0.4) is 0 Å². The number of hydrogen-bond donors (Lipinski definition) is 0. The number of para-hydroxylation sites is 1. The summed E-state index contributed by atoms with van der Waals surface area (Å²) in [6.07, 6.45) is 2.06. The van der Waals surface area contributed by atoms with Crippen LogP contribution in [0, 0.1) is 5.92 Å². The largest absolute Gasteiger partial charge is 0.455 e. The zero-order valence-electron chi connectivity index (χ0n) is 15.8. The van der Waals surface area contributed by atoms with Crippen LogP contribution in [0.5, 0.6) is 0 Å². The molecule has 0 N–H and O–H groups in total. The van der Waals surface area contributed by atoms with Gasteiger partial charge < -0.3 is 14.5 Å². The monoisotopic (exact) mass is 398 g/mol. The van der Waals surface area contributed by atoms with E-state index in [1.165, 1.54) is 4.90 Å². The number of esters is 1. The Hall–Kier alpha value is -2.80. The van der Waals surface area contributed by atoms with Gasteiger partial charge in [-0.1, -0.05) is 24.3 Å². The van der Waals surface area contributed by atoms with Crippen LogP contribution in [0.1, 0.15) is 6.42 Å². The Bertz CT molecular complexity index is 872. The number of carbonyl (C=O) groups excluding carboxylic acids is 3. The zero-order chi connectivity index (χ0) is 20.1. The molecule has 28 heavy (non-hydrogen) atoms. The van der Waals surface area contributed by atoms with Crippen molar-refractivity contribution in [1.29, 1.82) is 0 Å². The summed E-state index contributed by atoms with van der Waals surface area (Å²) >= 11 is 1.59. The zero-order valence-corrected chi connectivity index (χ0v) is 16.6. The van der Waals surface area contributed by atoms with Crippen molar-refractivity contribution in [3.05, 3.63) is 54.6 Å². The Morgan fingerprint density at radius 2 is 1.93 bits per heavy atom. The first-order valence-corrected chi connectivity index (χ1v) is 10.1. The van der Waals surface area contributed by atoms with Crippen LogP contribution < -0.4 is 9.80 Å². The fourth-order valence-corrected chi connectivity index (χ4v) is 3.49. The number of anilines is 2. The molecule has 2 aromatic rings. The molecule has 1 fully saturated rings. The van der Waals surface area contributed by atoms with E-state index in [9.17, 15) is 14.4 Å². The van der Waals surface area contributed by atoms with E-state index in [2.05, 4.69) is 0 Å². The highest BCUT2D eigenvalue weighted by Gasteiger charge is 2.36. The van der Waals surface area contributed by atoms with Crippen LogP contribution in [0.25, 0.3) is 0 Å². The van der Waals surface area contributed by atoms with Gasteiger partial charge in [0.2, 0.25) is 5.91 Å². The molecule has 1 heterocycles. The molecule has 0 unspecified atom stereocenters. The highest BCUT2D eigenvalue weighted by atomic mass is 32.2. The smallest absolute Gasteiger partial charge is 0.311 e. The Balaban J connectivity index is 1.56. The van der Waals surface area contributed by atoms with Gasteiger partial charge in [-0.3, -0.25) is 14.4 Å². The standard InChI is InChI=1S/C21H22N2O4S/c1-22(16-7-4-3-5-8-16)20(25)14-27-21(26)15-11-19(24)23(13-15)17-9-6-10-18(12-17)28-2/h3-10,12,15H,11,13-14H2,1-2H3/t15-/m1/s1. The highest BCUT2D eigenvalue weighted by Crippen LogP contribution is 2.28. The number of carbonyl (C=O) groups is 3. The van der Waals surface area contributed by atoms with Crippen LogP contribution in [0.4, 0.5) is 11.4 Å². The molecule has 2 aromatic carbocycles. The van der Waals surface area contributed by atoms with Crippen molar-refractivity contribution in [3.8, 4) is 0 Å². The minimum Gasteiger partial charge on any atom is -0.455 e. The van der Waals surface area contributed by atoms with Gasteiger partial charge in [-0.25, -0.2) is 0 Å².